The lowest BCUT2D eigenvalue weighted by molar-refractivity contribution is 0.0994. The summed E-state index contributed by atoms with van der Waals surface area (Å²) >= 11 is 3.34. The molecule has 1 aliphatic rings. The number of carbonyl (C=O) groups is 1. The van der Waals surface area contributed by atoms with Crippen molar-refractivity contribution in [2.75, 3.05) is 11.9 Å². The third-order valence-corrected chi connectivity index (χ3v) is 4.10. The van der Waals surface area contributed by atoms with E-state index < -0.39 is 5.91 Å². The van der Waals surface area contributed by atoms with Gasteiger partial charge in [0.2, 0.25) is 0 Å². The maximum Gasteiger partial charge on any atom is 0.270 e. The number of aromatic nitrogens is 2. The van der Waals surface area contributed by atoms with Gasteiger partial charge in [-0.15, -0.1) is 0 Å². The van der Waals surface area contributed by atoms with E-state index in [-0.39, 0.29) is 17.6 Å². The molecule has 2 heterocycles. The summed E-state index contributed by atoms with van der Waals surface area (Å²) in [5.74, 6) is -0.139. The highest BCUT2D eigenvalue weighted by Gasteiger charge is 2.28. The summed E-state index contributed by atoms with van der Waals surface area (Å²) in [5.41, 5.74) is 6.45. The standard InChI is InChI=1S/C13H12BrFN4O/c14-10-11(12(16)20)18-19-9(5-6-17-13(10)19)7-1-3-8(15)4-2-7/h1-4,9,17H,5-6H2,(H2,16,20). The summed E-state index contributed by atoms with van der Waals surface area (Å²) in [7, 11) is 0. The van der Waals surface area contributed by atoms with Crippen LogP contribution in [0.2, 0.25) is 0 Å². The van der Waals surface area contributed by atoms with Crippen LogP contribution in [0, 0.1) is 5.82 Å². The smallest absolute Gasteiger partial charge is 0.270 e. The van der Waals surface area contributed by atoms with Gasteiger partial charge in [0, 0.05) is 6.54 Å². The molecule has 1 atom stereocenters. The zero-order valence-corrected chi connectivity index (χ0v) is 12.0. The van der Waals surface area contributed by atoms with Gasteiger partial charge in [0.05, 0.1) is 10.5 Å². The SMILES string of the molecule is NC(=O)c1nn2c(c1Br)NCCC2c1ccc(F)cc1. The highest BCUT2D eigenvalue weighted by Crippen LogP contribution is 2.35. The van der Waals surface area contributed by atoms with Crippen molar-refractivity contribution in [3.05, 3.63) is 45.8 Å². The quantitative estimate of drug-likeness (QED) is 0.882. The molecule has 1 aromatic heterocycles. The van der Waals surface area contributed by atoms with Gasteiger partial charge >= 0.3 is 0 Å². The number of halogens is 2. The molecule has 1 unspecified atom stereocenters. The van der Waals surface area contributed by atoms with Crippen LogP contribution in [0.1, 0.15) is 28.5 Å². The second kappa shape index (κ2) is 4.90. The van der Waals surface area contributed by atoms with Crippen molar-refractivity contribution >= 4 is 27.7 Å². The Labute approximate surface area is 123 Å². The summed E-state index contributed by atoms with van der Waals surface area (Å²) in [6, 6.07) is 6.26. The first-order valence-corrected chi connectivity index (χ1v) is 6.94. The van der Waals surface area contributed by atoms with Crippen molar-refractivity contribution in [2.45, 2.75) is 12.5 Å². The number of fused-ring (bicyclic) bond motifs is 1. The molecule has 0 bridgehead atoms. The Morgan fingerprint density at radius 3 is 2.80 bits per heavy atom. The maximum absolute atomic E-state index is 13.0. The van der Waals surface area contributed by atoms with Crippen LogP contribution >= 0.6 is 15.9 Å². The molecule has 2 aromatic rings. The molecule has 0 saturated heterocycles. The fourth-order valence-electron chi connectivity index (χ4n) is 2.40. The van der Waals surface area contributed by atoms with Gasteiger partial charge in [0.25, 0.3) is 5.91 Å². The molecule has 0 fully saturated rings. The molecule has 3 rings (SSSR count). The lowest BCUT2D eigenvalue weighted by atomic mass is 10.0. The van der Waals surface area contributed by atoms with Crippen molar-refractivity contribution in [1.82, 2.24) is 9.78 Å². The number of hydrogen-bond acceptors (Lipinski definition) is 3. The lowest BCUT2D eigenvalue weighted by Crippen LogP contribution is -2.24. The molecule has 7 heteroatoms. The number of hydrogen-bond donors (Lipinski definition) is 2. The molecule has 20 heavy (non-hydrogen) atoms. The lowest BCUT2D eigenvalue weighted by Gasteiger charge is -2.26. The van der Waals surface area contributed by atoms with E-state index in [4.69, 9.17) is 5.73 Å². The molecular weight excluding hydrogens is 327 g/mol. The minimum absolute atomic E-state index is 0.0451. The highest BCUT2D eigenvalue weighted by atomic mass is 79.9. The molecule has 3 N–H and O–H groups in total. The molecule has 1 amide bonds. The summed E-state index contributed by atoms with van der Waals surface area (Å²) in [4.78, 5) is 11.4. The topological polar surface area (TPSA) is 72.9 Å². The molecule has 0 aliphatic carbocycles. The molecule has 0 radical (unpaired) electrons. The second-order valence-electron chi connectivity index (χ2n) is 4.60. The average Bonchev–Trinajstić information content (AvgIpc) is 2.78. The zero-order valence-electron chi connectivity index (χ0n) is 10.4. The van der Waals surface area contributed by atoms with Crippen LogP contribution in [0.3, 0.4) is 0 Å². The first-order valence-electron chi connectivity index (χ1n) is 6.15. The minimum atomic E-state index is -0.585. The monoisotopic (exact) mass is 338 g/mol. The molecule has 5 nitrogen and oxygen atoms in total. The van der Waals surface area contributed by atoms with E-state index in [1.807, 2.05) is 0 Å². The van der Waals surface area contributed by atoms with E-state index >= 15 is 0 Å². The highest BCUT2D eigenvalue weighted by molar-refractivity contribution is 9.10. The number of carbonyl (C=O) groups excluding carboxylic acids is 1. The second-order valence-corrected chi connectivity index (χ2v) is 5.40. The Morgan fingerprint density at radius 1 is 1.45 bits per heavy atom. The fraction of sp³-hybridized carbons (Fsp3) is 0.231. The Hall–Kier alpha value is -1.89. The third kappa shape index (κ3) is 2.07. The van der Waals surface area contributed by atoms with Crippen molar-refractivity contribution < 1.29 is 9.18 Å². The average molecular weight is 339 g/mol. The summed E-state index contributed by atoms with van der Waals surface area (Å²) in [6.45, 7) is 0.741. The van der Waals surface area contributed by atoms with Crippen molar-refractivity contribution in [3.8, 4) is 0 Å². The van der Waals surface area contributed by atoms with Crippen LogP contribution in [-0.2, 0) is 0 Å². The number of nitrogens with two attached hydrogens (primary N) is 1. The maximum atomic E-state index is 13.0. The predicted molar refractivity (Wildman–Crippen MR) is 76.1 cm³/mol. The van der Waals surface area contributed by atoms with Crippen molar-refractivity contribution in [1.29, 1.82) is 0 Å². The number of anilines is 1. The first kappa shape index (κ1) is 13.1. The van der Waals surface area contributed by atoms with E-state index in [1.54, 1.807) is 16.8 Å². The molecule has 0 saturated carbocycles. The van der Waals surface area contributed by atoms with Crippen LogP contribution in [0.4, 0.5) is 10.2 Å². The van der Waals surface area contributed by atoms with Crippen molar-refractivity contribution in [3.63, 3.8) is 0 Å². The van der Waals surface area contributed by atoms with E-state index in [0.29, 0.717) is 4.47 Å². The van der Waals surface area contributed by atoms with Crippen LogP contribution in [0.5, 0.6) is 0 Å². The Bertz CT molecular complexity index is 668. The van der Waals surface area contributed by atoms with E-state index in [2.05, 4.69) is 26.3 Å². The summed E-state index contributed by atoms with van der Waals surface area (Å²) < 4.78 is 15.3. The number of benzene rings is 1. The number of nitrogens with zero attached hydrogens (tertiary/aromatic N) is 2. The number of nitrogens with one attached hydrogen (secondary N) is 1. The minimum Gasteiger partial charge on any atom is -0.369 e. The number of amides is 1. The van der Waals surface area contributed by atoms with Crippen LogP contribution < -0.4 is 11.1 Å². The van der Waals surface area contributed by atoms with Gasteiger partial charge in [0.15, 0.2) is 5.69 Å². The van der Waals surface area contributed by atoms with Crippen molar-refractivity contribution in [2.24, 2.45) is 5.73 Å². The van der Waals surface area contributed by atoms with Gasteiger partial charge in [-0.3, -0.25) is 4.79 Å². The molecule has 1 aliphatic heterocycles. The Kier molecular flexibility index (Phi) is 3.21. The predicted octanol–water partition coefficient (Wildman–Crippen LogP) is 2.29. The molecular formula is C13H12BrFN4O. The van der Waals surface area contributed by atoms with Gasteiger partial charge in [-0.25, -0.2) is 9.07 Å². The summed E-state index contributed by atoms with van der Waals surface area (Å²) in [6.07, 6.45) is 0.797. The van der Waals surface area contributed by atoms with Gasteiger partial charge < -0.3 is 11.1 Å². The van der Waals surface area contributed by atoms with E-state index in [9.17, 15) is 9.18 Å². The molecule has 104 valence electrons. The Morgan fingerprint density at radius 2 is 2.15 bits per heavy atom. The largest absolute Gasteiger partial charge is 0.369 e. The number of primary amides is 1. The number of rotatable bonds is 2. The molecule has 0 spiro atoms. The van der Waals surface area contributed by atoms with Crippen LogP contribution in [-0.4, -0.2) is 22.2 Å². The summed E-state index contributed by atoms with van der Waals surface area (Å²) in [5, 5.41) is 7.46. The van der Waals surface area contributed by atoms with Gasteiger partial charge in [-0.2, -0.15) is 5.10 Å². The Balaban J connectivity index is 2.08. The van der Waals surface area contributed by atoms with Gasteiger partial charge in [-0.1, -0.05) is 12.1 Å². The van der Waals surface area contributed by atoms with Crippen LogP contribution in [0.15, 0.2) is 28.7 Å². The molecule has 1 aromatic carbocycles. The zero-order chi connectivity index (χ0) is 14.3. The van der Waals surface area contributed by atoms with E-state index in [0.717, 1.165) is 24.3 Å². The van der Waals surface area contributed by atoms with Crippen LogP contribution in [0.25, 0.3) is 0 Å². The first-order chi connectivity index (χ1) is 9.58. The normalized spacial score (nSPS) is 17.4. The van der Waals surface area contributed by atoms with Gasteiger partial charge in [0.1, 0.15) is 11.6 Å². The van der Waals surface area contributed by atoms with E-state index in [1.165, 1.54) is 12.1 Å². The van der Waals surface area contributed by atoms with Gasteiger partial charge in [-0.05, 0) is 40.0 Å². The third-order valence-electron chi connectivity index (χ3n) is 3.35. The fourth-order valence-corrected chi connectivity index (χ4v) is 2.99.